The normalized spacial score (nSPS) is 10.2. The van der Waals surface area contributed by atoms with E-state index in [9.17, 15) is 0 Å². The monoisotopic (exact) mass is 245 g/mol. The predicted octanol–water partition coefficient (Wildman–Crippen LogP) is 2.89. The fraction of sp³-hybridized carbons (Fsp3) is 0.333. The second kappa shape index (κ2) is 4.77. The summed E-state index contributed by atoms with van der Waals surface area (Å²) in [6.07, 6.45) is 2.23. The van der Waals surface area contributed by atoms with Crippen LogP contribution in [0.4, 0.5) is 5.69 Å². The molecular formula is C9H12BrNS. The highest BCUT2D eigenvalue weighted by molar-refractivity contribution is 9.09. The Balaban J connectivity index is 2.69. The van der Waals surface area contributed by atoms with E-state index in [0.29, 0.717) is 0 Å². The Morgan fingerprint density at radius 3 is 2.75 bits per heavy atom. The number of rotatable bonds is 3. The molecule has 0 atom stereocenters. The fourth-order valence-corrected chi connectivity index (χ4v) is 1.54. The van der Waals surface area contributed by atoms with Crippen LogP contribution >= 0.6 is 28.6 Å². The van der Waals surface area contributed by atoms with Crippen LogP contribution in [0.2, 0.25) is 0 Å². The summed E-state index contributed by atoms with van der Waals surface area (Å²) in [5, 5.41) is 1.04. The molecule has 1 rings (SSSR count). The molecule has 1 nitrogen and oxygen atoms in total. The Morgan fingerprint density at radius 1 is 1.42 bits per heavy atom. The number of alkyl halides is 1. The van der Waals surface area contributed by atoms with Crippen LogP contribution in [0.1, 0.15) is 12.0 Å². The van der Waals surface area contributed by atoms with Crippen LogP contribution in [0.3, 0.4) is 0 Å². The molecule has 0 radical (unpaired) electrons. The first-order chi connectivity index (χ1) is 5.74. The lowest BCUT2D eigenvalue weighted by Gasteiger charge is -2.02. The second-order valence-electron chi connectivity index (χ2n) is 2.69. The van der Waals surface area contributed by atoms with Gasteiger partial charge in [0, 0.05) is 15.9 Å². The van der Waals surface area contributed by atoms with Gasteiger partial charge in [-0.05, 0) is 30.5 Å². The molecule has 0 aliphatic rings. The van der Waals surface area contributed by atoms with Crippen molar-refractivity contribution in [2.75, 3.05) is 11.1 Å². The van der Waals surface area contributed by atoms with Crippen molar-refractivity contribution in [3.05, 3.63) is 23.8 Å². The third-order valence-corrected chi connectivity index (χ3v) is 2.64. The Kier molecular flexibility index (Phi) is 3.95. The number of halogens is 1. The summed E-state index contributed by atoms with van der Waals surface area (Å²) in [4.78, 5) is 0.877. The number of thiol groups is 1. The summed E-state index contributed by atoms with van der Waals surface area (Å²) in [6.45, 7) is 0. The van der Waals surface area contributed by atoms with Gasteiger partial charge < -0.3 is 5.73 Å². The number of nitrogen functional groups attached to an aromatic ring is 1. The van der Waals surface area contributed by atoms with Crippen molar-refractivity contribution < 1.29 is 0 Å². The number of anilines is 1. The topological polar surface area (TPSA) is 26.0 Å². The third-order valence-electron chi connectivity index (χ3n) is 1.69. The molecule has 0 fully saturated rings. The molecule has 0 heterocycles. The molecule has 66 valence electrons. The van der Waals surface area contributed by atoms with Crippen LogP contribution in [0.5, 0.6) is 0 Å². The molecular weight excluding hydrogens is 234 g/mol. The number of hydrogen-bond acceptors (Lipinski definition) is 2. The Morgan fingerprint density at radius 2 is 2.17 bits per heavy atom. The van der Waals surface area contributed by atoms with Crippen molar-refractivity contribution in [2.24, 2.45) is 0 Å². The third kappa shape index (κ3) is 2.72. The maximum atomic E-state index is 5.63. The first-order valence-corrected chi connectivity index (χ1v) is 5.44. The highest BCUT2D eigenvalue weighted by atomic mass is 79.9. The van der Waals surface area contributed by atoms with Crippen molar-refractivity contribution >= 4 is 34.2 Å². The van der Waals surface area contributed by atoms with E-state index in [1.54, 1.807) is 0 Å². The Hall–Kier alpha value is -0.150. The maximum absolute atomic E-state index is 5.63. The van der Waals surface area contributed by atoms with E-state index < -0.39 is 0 Å². The van der Waals surface area contributed by atoms with Gasteiger partial charge in [-0.1, -0.05) is 22.0 Å². The van der Waals surface area contributed by atoms with Gasteiger partial charge in [0.1, 0.15) is 0 Å². The molecule has 2 N–H and O–H groups in total. The molecule has 0 saturated heterocycles. The lowest BCUT2D eigenvalue weighted by molar-refractivity contribution is 0.936. The lowest BCUT2D eigenvalue weighted by Crippen LogP contribution is -1.90. The van der Waals surface area contributed by atoms with Crippen LogP contribution in [0, 0.1) is 0 Å². The highest BCUT2D eigenvalue weighted by Crippen LogP contribution is 2.18. The summed E-state index contributed by atoms with van der Waals surface area (Å²) in [6, 6.07) is 5.99. The van der Waals surface area contributed by atoms with Crippen LogP contribution in [-0.2, 0) is 6.42 Å². The molecule has 0 spiro atoms. The van der Waals surface area contributed by atoms with Gasteiger partial charge in [0.15, 0.2) is 0 Å². The molecule has 0 aliphatic heterocycles. The summed E-state index contributed by atoms with van der Waals surface area (Å²) in [7, 11) is 0. The molecule has 0 unspecified atom stereocenters. The number of hydrogen-bond donors (Lipinski definition) is 2. The second-order valence-corrected chi connectivity index (χ2v) is 3.96. The zero-order chi connectivity index (χ0) is 8.97. The van der Waals surface area contributed by atoms with Crippen molar-refractivity contribution in [3.8, 4) is 0 Å². The van der Waals surface area contributed by atoms with Gasteiger partial charge in [0.2, 0.25) is 0 Å². The van der Waals surface area contributed by atoms with Crippen LogP contribution in [0.25, 0.3) is 0 Å². The van der Waals surface area contributed by atoms with Crippen LogP contribution < -0.4 is 5.73 Å². The lowest BCUT2D eigenvalue weighted by atomic mass is 10.1. The minimum absolute atomic E-state index is 0.751. The molecule has 1 aromatic rings. The summed E-state index contributed by atoms with van der Waals surface area (Å²) in [5.41, 5.74) is 7.68. The largest absolute Gasteiger partial charge is 0.398 e. The van der Waals surface area contributed by atoms with Crippen LogP contribution in [-0.4, -0.2) is 5.33 Å². The van der Waals surface area contributed by atoms with Crippen molar-refractivity contribution in [3.63, 3.8) is 0 Å². The first-order valence-electron chi connectivity index (χ1n) is 3.87. The standard InChI is InChI=1S/C9H12BrNS/c10-5-1-2-7-3-4-8(11)9(12)6-7/h3-4,6,12H,1-2,5,11H2. The SMILES string of the molecule is Nc1ccc(CCCBr)cc1S. The van der Waals surface area contributed by atoms with Gasteiger partial charge >= 0.3 is 0 Å². The molecule has 3 heteroatoms. The predicted molar refractivity (Wildman–Crippen MR) is 60.2 cm³/mol. The number of aryl methyl sites for hydroxylation is 1. The minimum Gasteiger partial charge on any atom is -0.398 e. The number of benzene rings is 1. The minimum atomic E-state index is 0.751. The number of nitrogens with two attached hydrogens (primary N) is 1. The summed E-state index contributed by atoms with van der Waals surface area (Å²) >= 11 is 7.65. The molecule has 0 amide bonds. The van der Waals surface area contributed by atoms with Crippen molar-refractivity contribution in [1.29, 1.82) is 0 Å². The van der Waals surface area contributed by atoms with Gasteiger partial charge in [-0.15, -0.1) is 12.6 Å². The van der Waals surface area contributed by atoms with Crippen molar-refractivity contribution in [1.82, 2.24) is 0 Å². The summed E-state index contributed by atoms with van der Waals surface area (Å²) in [5.74, 6) is 0. The van der Waals surface area contributed by atoms with E-state index in [1.807, 2.05) is 12.1 Å². The average Bonchev–Trinajstić information content (AvgIpc) is 2.07. The molecule has 0 saturated carbocycles. The Labute approximate surface area is 86.9 Å². The fourth-order valence-electron chi connectivity index (χ4n) is 1.02. The molecule has 0 aliphatic carbocycles. The Bertz CT molecular complexity index is 263. The smallest absolute Gasteiger partial charge is 0.0449 e. The summed E-state index contributed by atoms with van der Waals surface area (Å²) < 4.78 is 0. The average molecular weight is 246 g/mol. The van der Waals surface area contributed by atoms with Crippen LogP contribution in [0.15, 0.2) is 23.1 Å². The first kappa shape index (κ1) is 9.93. The van der Waals surface area contributed by atoms with E-state index >= 15 is 0 Å². The van der Waals surface area contributed by atoms with Gasteiger partial charge in [-0.2, -0.15) is 0 Å². The van der Waals surface area contributed by atoms with Gasteiger partial charge in [0.25, 0.3) is 0 Å². The van der Waals surface area contributed by atoms with E-state index in [-0.39, 0.29) is 0 Å². The van der Waals surface area contributed by atoms with Gasteiger partial charge in [0.05, 0.1) is 0 Å². The molecule has 0 aromatic heterocycles. The van der Waals surface area contributed by atoms with Gasteiger partial charge in [-0.3, -0.25) is 0 Å². The highest BCUT2D eigenvalue weighted by Gasteiger charge is 1.96. The van der Waals surface area contributed by atoms with E-state index in [1.165, 1.54) is 5.56 Å². The van der Waals surface area contributed by atoms with E-state index in [2.05, 4.69) is 34.6 Å². The molecule has 1 aromatic carbocycles. The maximum Gasteiger partial charge on any atom is 0.0449 e. The quantitative estimate of drug-likeness (QED) is 0.478. The van der Waals surface area contributed by atoms with Crippen molar-refractivity contribution in [2.45, 2.75) is 17.7 Å². The van der Waals surface area contributed by atoms with E-state index in [0.717, 1.165) is 28.8 Å². The zero-order valence-electron chi connectivity index (χ0n) is 6.76. The molecule has 12 heavy (non-hydrogen) atoms. The van der Waals surface area contributed by atoms with E-state index in [4.69, 9.17) is 5.73 Å². The zero-order valence-corrected chi connectivity index (χ0v) is 9.24. The molecule has 0 bridgehead atoms. The van der Waals surface area contributed by atoms with Gasteiger partial charge in [-0.25, -0.2) is 0 Å².